The highest BCUT2D eigenvalue weighted by atomic mass is 16.5. The number of aromatic nitrogens is 1. The van der Waals surface area contributed by atoms with Crippen LogP contribution in [0, 0.1) is 13.8 Å². The van der Waals surface area contributed by atoms with Crippen molar-refractivity contribution in [2.24, 2.45) is 0 Å². The van der Waals surface area contributed by atoms with Gasteiger partial charge in [-0.1, -0.05) is 12.1 Å². The quantitative estimate of drug-likeness (QED) is 0.590. The number of esters is 2. The Labute approximate surface area is 179 Å². The molecule has 1 aromatic heterocycles. The highest BCUT2D eigenvalue weighted by Gasteiger charge is 2.33. The molecule has 0 spiro atoms. The first kappa shape index (κ1) is 20.6. The number of hydrogen-bond donors (Lipinski definition) is 0. The molecule has 0 fully saturated rings. The summed E-state index contributed by atoms with van der Waals surface area (Å²) in [6.07, 6.45) is 0. The van der Waals surface area contributed by atoms with Gasteiger partial charge in [0, 0.05) is 11.3 Å². The lowest BCUT2D eigenvalue weighted by molar-refractivity contribution is -0.140. The van der Waals surface area contributed by atoms with Crippen LogP contribution in [0.4, 0.5) is 5.69 Å². The molecule has 0 radical (unpaired) electrons. The van der Waals surface area contributed by atoms with E-state index >= 15 is 0 Å². The Morgan fingerprint density at radius 3 is 2.58 bits per heavy atom. The number of benzene rings is 2. The molecular formula is C23H22N2O6. The number of hydrogen-bond acceptors (Lipinski definition) is 8. The molecule has 160 valence electrons. The van der Waals surface area contributed by atoms with E-state index in [-0.39, 0.29) is 24.6 Å². The van der Waals surface area contributed by atoms with Crippen LogP contribution < -0.4 is 4.90 Å². The molecule has 3 aromatic rings. The molecule has 0 aliphatic carbocycles. The fourth-order valence-electron chi connectivity index (χ4n) is 3.63. The minimum absolute atomic E-state index is 0.0448. The normalized spacial score (nSPS) is 14.1. The van der Waals surface area contributed by atoms with Crippen LogP contribution in [0.2, 0.25) is 0 Å². The van der Waals surface area contributed by atoms with Gasteiger partial charge in [0.15, 0.2) is 5.58 Å². The number of oxazole rings is 1. The van der Waals surface area contributed by atoms with Gasteiger partial charge in [0.25, 0.3) is 0 Å². The van der Waals surface area contributed by atoms with Crippen molar-refractivity contribution in [3.05, 3.63) is 58.8 Å². The van der Waals surface area contributed by atoms with Gasteiger partial charge in [-0.05, 0) is 49.2 Å². The third-order valence-corrected chi connectivity index (χ3v) is 5.20. The zero-order chi connectivity index (χ0) is 22.1. The smallest absolute Gasteiger partial charge is 0.355 e. The van der Waals surface area contributed by atoms with Gasteiger partial charge in [-0.15, -0.1) is 0 Å². The summed E-state index contributed by atoms with van der Waals surface area (Å²) in [7, 11) is 2.52. The minimum atomic E-state index is -0.647. The summed E-state index contributed by atoms with van der Waals surface area (Å²) in [4.78, 5) is 31.1. The number of ether oxygens (including phenoxy) is 3. The lowest BCUT2D eigenvalue weighted by Gasteiger charge is -2.32. The summed E-state index contributed by atoms with van der Waals surface area (Å²) >= 11 is 0. The Morgan fingerprint density at radius 2 is 1.84 bits per heavy atom. The summed E-state index contributed by atoms with van der Waals surface area (Å²) in [5, 5.41) is 0. The summed E-state index contributed by atoms with van der Waals surface area (Å²) in [5.41, 5.74) is 4.97. The van der Waals surface area contributed by atoms with Crippen molar-refractivity contribution >= 4 is 28.7 Å². The average molecular weight is 422 g/mol. The van der Waals surface area contributed by atoms with E-state index in [1.807, 2.05) is 50.2 Å². The average Bonchev–Trinajstić information content (AvgIpc) is 3.20. The molecule has 2 heterocycles. The minimum Gasteiger partial charge on any atom is -0.466 e. The van der Waals surface area contributed by atoms with Crippen molar-refractivity contribution in [2.45, 2.75) is 13.8 Å². The largest absolute Gasteiger partial charge is 0.466 e. The molecule has 1 aliphatic rings. The van der Waals surface area contributed by atoms with Crippen LogP contribution in [0.1, 0.15) is 11.1 Å². The highest BCUT2D eigenvalue weighted by molar-refractivity contribution is 6.03. The predicted octanol–water partition coefficient (Wildman–Crippen LogP) is 3.51. The van der Waals surface area contributed by atoms with Gasteiger partial charge in [0.2, 0.25) is 5.89 Å². The van der Waals surface area contributed by atoms with Gasteiger partial charge in [-0.2, -0.15) is 0 Å². The number of carbonyl (C=O) groups is 2. The molecule has 0 saturated heterocycles. The van der Waals surface area contributed by atoms with Crippen molar-refractivity contribution in [3.8, 4) is 11.5 Å². The third-order valence-electron chi connectivity index (χ3n) is 5.20. The molecule has 0 saturated carbocycles. The van der Waals surface area contributed by atoms with Crippen molar-refractivity contribution in [1.82, 2.24) is 4.98 Å². The molecule has 0 N–H and O–H groups in total. The molecule has 2 aromatic carbocycles. The van der Waals surface area contributed by atoms with Crippen molar-refractivity contribution in [2.75, 3.05) is 32.5 Å². The number of methoxy groups -OCH3 is 2. The van der Waals surface area contributed by atoms with Gasteiger partial charge in [-0.25, -0.2) is 14.6 Å². The predicted molar refractivity (Wildman–Crippen MR) is 113 cm³/mol. The molecule has 0 atom stereocenters. The molecule has 8 nitrogen and oxygen atoms in total. The maximum atomic E-state index is 12.6. The maximum Gasteiger partial charge on any atom is 0.355 e. The second kappa shape index (κ2) is 8.23. The lowest BCUT2D eigenvalue weighted by atomic mass is 10.0. The Hall–Kier alpha value is -3.65. The zero-order valence-electron chi connectivity index (χ0n) is 17.7. The van der Waals surface area contributed by atoms with E-state index in [0.29, 0.717) is 17.2 Å². The first-order valence-electron chi connectivity index (χ1n) is 9.66. The van der Waals surface area contributed by atoms with Gasteiger partial charge in [0.1, 0.15) is 17.9 Å². The molecule has 4 rings (SSSR count). The number of carbonyl (C=O) groups excluding carboxylic acids is 2. The molecule has 0 unspecified atom stereocenters. The van der Waals surface area contributed by atoms with E-state index in [2.05, 4.69) is 4.98 Å². The number of rotatable bonds is 4. The number of anilines is 1. The molecule has 0 amide bonds. The van der Waals surface area contributed by atoms with Crippen LogP contribution in [-0.4, -0.2) is 44.5 Å². The monoisotopic (exact) mass is 422 g/mol. The van der Waals surface area contributed by atoms with Crippen LogP contribution >= 0.6 is 0 Å². The number of nitrogens with zero attached hydrogens (tertiary/aromatic N) is 2. The fourth-order valence-corrected chi connectivity index (χ4v) is 3.63. The van der Waals surface area contributed by atoms with Crippen LogP contribution in [0.25, 0.3) is 22.6 Å². The van der Waals surface area contributed by atoms with E-state index in [1.54, 1.807) is 4.90 Å². The molecule has 31 heavy (non-hydrogen) atoms. The fraction of sp³-hybridized carbons (Fsp3) is 0.261. The van der Waals surface area contributed by atoms with Crippen molar-refractivity contribution in [3.63, 3.8) is 0 Å². The van der Waals surface area contributed by atoms with Gasteiger partial charge in [0.05, 0.1) is 26.4 Å². The van der Waals surface area contributed by atoms with Crippen LogP contribution in [0.5, 0.6) is 0 Å². The summed E-state index contributed by atoms with van der Waals surface area (Å²) < 4.78 is 21.3. The topological polar surface area (TPSA) is 91.1 Å². The zero-order valence-corrected chi connectivity index (χ0v) is 17.7. The SMILES string of the molecule is COC(=O)C1=C(C(=O)OC)N(c2cccc(-c3nc4cc(C)ccc4o3)c2C)COC1. The van der Waals surface area contributed by atoms with Crippen LogP contribution in [0.15, 0.2) is 52.1 Å². The first-order chi connectivity index (χ1) is 14.9. The third kappa shape index (κ3) is 3.66. The summed E-state index contributed by atoms with van der Waals surface area (Å²) in [6.45, 7) is 3.92. The summed E-state index contributed by atoms with van der Waals surface area (Å²) in [5.74, 6) is -0.825. The van der Waals surface area contributed by atoms with E-state index in [9.17, 15) is 9.59 Å². The van der Waals surface area contributed by atoms with Crippen molar-refractivity contribution < 1.29 is 28.2 Å². The molecule has 1 aliphatic heterocycles. The van der Waals surface area contributed by atoms with E-state index in [1.165, 1.54) is 14.2 Å². The lowest BCUT2D eigenvalue weighted by Crippen LogP contribution is -2.39. The Bertz CT molecular complexity index is 1210. The molecular weight excluding hydrogens is 400 g/mol. The van der Waals surface area contributed by atoms with Gasteiger partial charge >= 0.3 is 11.9 Å². The Balaban J connectivity index is 1.84. The molecule has 8 heteroatoms. The number of aryl methyl sites for hydroxylation is 1. The highest BCUT2D eigenvalue weighted by Crippen LogP contribution is 2.35. The maximum absolute atomic E-state index is 12.6. The standard InChI is InChI=1S/C23H22N2O6/c1-13-8-9-19-17(10-13)24-21(31-19)15-6-5-7-18(14(15)2)25-12-30-11-16(22(26)28-3)20(25)23(27)29-4/h5-10H,11-12H2,1-4H3. The Kier molecular flexibility index (Phi) is 5.48. The second-order valence-corrected chi connectivity index (χ2v) is 7.16. The van der Waals surface area contributed by atoms with E-state index < -0.39 is 11.9 Å². The first-order valence-corrected chi connectivity index (χ1v) is 9.66. The van der Waals surface area contributed by atoms with Crippen LogP contribution in [-0.2, 0) is 23.8 Å². The van der Waals surface area contributed by atoms with Crippen molar-refractivity contribution in [1.29, 1.82) is 0 Å². The van der Waals surface area contributed by atoms with Gasteiger partial charge in [-0.3, -0.25) is 0 Å². The van der Waals surface area contributed by atoms with E-state index in [0.717, 1.165) is 22.2 Å². The molecule has 0 bridgehead atoms. The second-order valence-electron chi connectivity index (χ2n) is 7.16. The van der Waals surface area contributed by atoms with Gasteiger partial charge < -0.3 is 23.5 Å². The van der Waals surface area contributed by atoms with Crippen LogP contribution in [0.3, 0.4) is 0 Å². The number of fused-ring (bicyclic) bond motifs is 1. The Morgan fingerprint density at radius 1 is 1.06 bits per heavy atom. The van der Waals surface area contributed by atoms with E-state index in [4.69, 9.17) is 18.6 Å². The summed E-state index contributed by atoms with van der Waals surface area (Å²) in [6, 6.07) is 11.4.